The minimum atomic E-state index is -1.20. The molecule has 1 aromatic rings. The monoisotopic (exact) mass is 351 g/mol. The number of aromatic nitrogens is 3. The Morgan fingerprint density at radius 3 is 2.60 bits per heavy atom. The van der Waals surface area contributed by atoms with Crippen LogP contribution in [0.3, 0.4) is 0 Å². The van der Waals surface area contributed by atoms with Crippen LogP contribution in [0.2, 0.25) is 0 Å². The lowest BCUT2D eigenvalue weighted by Crippen LogP contribution is -2.60. The van der Waals surface area contributed by atoms with E-state index in [4.69, 9.17) is 5.11 Å². The first-order valence-electron chi connectivity index (χ1n) is 8.69. The van der Waals surface area contributed by atoms with E-state index >= 15 is 0 Å². The molecule has 1 heterocycles. The van der Waals surface area contributed by atoms with E-state index in [0.717, 1.165) is 36.8 Å². The number of unbranched alkanes of at least 4 members (excludes halogenated alkanes) is 1. The number of amides is 2. The van der Waals surface area contributed by atoms with Gasteiger partial charge in [0.1, 0.15) is 12.1 Å². The first-order valence-corrected chi connectivity index (χ1v) is 8.69. The van der Waals surface area contributed by atoms with Crippen LogP contribution < -0.4 is 10.6 Å². The van der Waals surface area contributed by atoms with Crippen molar-refractivity contribution in [3.63, 3.8) is 0 Å². The third-order valence-corrected chi connectivity index (χ3v) is 4.40. The van der Waals surface area contributed by atoms with E-state index in [-0.39, 0.29) is 24.1 Å². The molecule has 0 aliphatic heterocycles. The molecule has 1 aliphatic carbocycles. The summed E-state index contributed by atoms with van der Waals surface area (Å²) in [5.74, 6) is -1.72. The highest BCUT2D eigenvalue weighted by Gasteiger charge is 2.40. The van der Waals surface area contributed by atoms with Crippen molar-refractivity contribution in [2.75, 3.05) is 6.54 Å². The van der Waals surface area contributed by atoms with Crippen molar-refractivity contribution in [2.24, 2.45) is 0 Å². The summed E-state index contributed by atoms with van der Waals surface area (Å²) < 4.78 is 1.16. The standard InChI is InChI=1S/C16H25N5O4/c1-2-3-9-17-15(25)16(7-5-4-6-8-16)18-13(22)11-21-10-12(14(23)24)19-20-21/h10H,2-9,11H2,1H3,(H,17,25)(H,18,22)(H,23,24). The number of nitrogens with one attached hydrogen (secondary N) is 2. The molecule has 1 saturated carbocycles. The summed E-state index contributed by atoms with van der Waals surface area (Å²) in [5, 5.41) is 21.7. The molecule has 0 radical (unpaired) electrons. The highest BCUT2D eigenvalue weighted by molar-refractivity contribution is 5.91. The molecule has 0 saturated heterocycles. The SMILES string of the molecule is CCCCNC(=O)C1(NC(=O)Cn2cc(C(=O)O)nn2)CCCCC1. The van der Waals surface area contributed by atoms with Crippen LogP contribution >= 0.6 is 0 Å². The Balaban J connectivity index is 2.01. The number of carbonyl (C=O) groups excluding carboxylic acids is 2. The number of aromatic carboxylic acids is 1. The molecule has 2 rings (SSSR count). The zero-order valence-corrected chi connectivity index (χ0v) is 14.5. The van der Waals surface area contributed by atoms with Crippen molar-refractivity contribution in [3.05, 3.63) is 11.9 Å². The molecule has 9 nitrogen and oxygen atoms in total. The lowest BCUT2D eigenvalue weighted by atomic mass is 9.80. The van der Waals surface area contributed by atoms with Crippen molar-refractivity contribution in [3.8, 4) is 0 Å². The zero-order valence-electron chi connectivity index (χ0n) is 14.5. The van der Waals surface area contributed by atoms with Gasteiger partial charge in [0.2, 0.25) is 11.8 Å². The smallest absolute Gasteiger partial charge is 0.358 e. The van der Waals surface area contributed by atoms with Gasteiger partial charge < -0.3 is 15.7 Å². The van der Waals surface area contributed by atoms with Crippen LogP contribution in [0.25, 0.3) is 0 Å². The van der Waals surface area contributed by atoms with Crippen molar-refractivity contribution in [1.82, 2.24) is 25.6 Å². The number of carboxylic acids is 1. The maximum atomic E-state index is 12.6. The van der Waals surface area contributed by atoms with Gasteiger partial charge in [0.05, 0.1) is 6.20 Å². The van der Waals surface area contributed by atoms with Crippen LogP contribution in [0.1, 0.15) is 62.4 Å². The normalized spacial score (nSPS) is 16.2. The van der Waals surface area contributed by atoms with Crippen molar-refractivity contribution >= 4 is 17.8 Å². The molecule has 2 amide bonds. The first kappa shape index (κ1) is 18.9. The average Bonchev–Trinajstić information content (AvgIpc) is 3.04. The topological polar surface area (TPSA) is 126 Å². The van der Waals surface area contributed by atoms with Gasteiger partial charge in [0.25, 0.3) is 0 Å². The summed E-state index contributed by atoms with van der Waals surface area (Å²) >= 11 is 0. The molecule has 0 aromatic carbocycles. The highest BCUT2D eigenvalue weighted by atomic mass is 16.4. The lowest BCUT2D eigenvalue weighted by Gasteiger charge is -2.36. The molecule has 0 atom stereocenters. The molecule has 138 valence electrons. The van der Waals surface area contributed by atoms with Crippen LogP contribution in [0, 0.1) is 0 Å². The predicted molar refractivity (Wildman–Crippen MR) is 88.9 cm³/mol. The number of carboxylic acid groups (broad SMARTS) is 1. The van der Waals surface area contributed by atoms with E-state index in [2.05, 4.69) is 20.9 Å². The summed E-state index contributed by atoms with van der Waals surface area (Å²) in [7, 11) is 0. The van der Waals surface area contributed by atoms with Gasteiger partial charge in [-0.25, -0.2) is 9.48 Å². The quantitative estimate of drug-likeness (QED) is 0.592. The van der Waals surface area contributed by atoms with Gasteiger partial charge in [0, 0.05) is 6.54 Å². The van der Waals surface area contributed by atoms with Gasteiger partial charge in [-0.3, -0.25) is 9.59 Å². The second-order valence-corrected chi connectivity index (χ2v) is 6.41. The van der Waals surface area contributed by atoms with E-state index in [1.807, 2.05) is 6.92 Å². The molecule has 1 aromatic heterocycles. The number of nitrogens with zero attached hydrogens (tertiary/aromatic N) is 3. The molecule has 9 heteroatoms. The van der Waals surface area contributed by atoms with E-state index in [0.29, 0.717) is 19.4 Å². The average molecular weight is 351 g/mol. The van der Waals surface area contributed by atoms with E-state index in [1.165, 1.54) is 6.20 Å². The summed E-state index contributed by atoms with van der Waals surface area (Å²) in [4.78, 5) is 35.8. The minimum Gasteiger partial charge on any atom is -0.476 e. The molecule has 25 heavy (non-hydrogen) atoms. The zero-order chi connectivity index (χ0) is 18.3. The summed E-state index contributed by atoms with van der Waals surface area (Å²) in [5.41, 5.74) is -1.11. The Bertz CT molecular complexity index is 622. The number of hydrogen-bond acceptors (Lipinski definition) is 5. The molecule has 0 spiro atoms. The van der Waals surface area contributed by atoms with Gasteiger partial charge >= 0.3 is 5.97 Å². The Labute approximate surface area is 146 Å². The fraction of sp³-hybridized carbons (Fsp3) is 0.688. The van der Waals surface area contributed by atoms with Crippen LogP contribution in [0.5, 0.6) is 0 Å². The third-order valence-electron chi connectivity index (χ3n) is 4.40. The van der Waals surface area contributed by atoms with Crippen LogP contribution in [0.15, 0.2) is 6.20 Å². The second kappa shape index (κ2) is 8.59. The molecule has 1 fully saturated rings. The molecular formula is C16H25N5O4. The summed E-state index contributed by atoms with van der Waals surface area (Å²) in [6.07, 6.45) is 7.09. The number of carbonyl (C=O) groups is 3. The summed E-state index contributed by atoms with van der Waals surface area (Å²) in [6, 6.07) is 0. The molecular weight excluding hydrogens is 326 g/mol. The van der Waals surface area contributed by atoms with E-state index in [9.17, 15) is 14.4 Å². The minimum absolute atomic E-state index is 0.140. The van der Waals surface area contributed by atoms with Gasteiger partial charge in [-0.2, -0.15) is 0 Å². The largest absolute Gasteiger partial charge is 0.476 e. The number of hydrogen-bond donors (Lipinski definition) is 3. The van der Waals surface area contributed by atoms with Crippen LogP contribution in [-0.4, -0.2) is 50.0 Å². The maximum absolute atomic E-state index is 12.6. The Morgan fingerprint density at radius 1 is 1.28 bits per heavy atom. The van der Waals surface area contributed by atoms with Crippen molar-refractivity contribution < 1.29 is 19.5 Å². The summed E-state index contributed by atoms with van der Waals surface area (Å²) in [6.45, 7) is 2.47. The molecule has 3 N–H and O–H groups in total. The van der Waals surface area contributed by atoms with Crippen LogP contribution in [-0.2, 0) is 16.1 Å². The highest BCUT2D eigenvalue weighted by Crippen LogP contribution is 2.28. The van der Waals surface area contributed by atoms with Crippen molar-refractivity contribution in [2.45, 2.75) is 64.0 Å². The predicted octanol–water partition coefficient (Wildman–Crippen LogP) is 0.712. The van der Waals surface area contributed by atoms with E-state index in [1.54, 1.807) is 0 Å². The van der Waals surface area contributed by atoms with Gasteiger partial charge in [-0.15, -0.1) is 5.10 Å². The van der Waals surface area contributed by atoms with E-state index < -0.39 is 11.5 Å². The second-order valence-electron chi connectivity index (χ2n) is 6.41. The Morgan fingerprint density at radius 2 is 2.00 bits per heavy atom. The van der Waals surface area contributed by atoms with Gasteiger partial charge in [0.15, 0.2) is 5.69 Å². The molecule has 1 aliphatic rings. The van der Waals surface area contributed by atoms with Gasteiger partial charge in [-0.05, 0) is 19.3 Å². The first-order chi connectivity index (χ1) is 12.0. The Kier molecular flexibility index (Phi) is 6.49. The Hall–Kier alpha value is -2.45. The lowest BCUT2D eigenvalue weighted by molar-refractivity contribution is -0.135. The van der Waals surface area contributed by atoms with Gasteiger partial charge in [-0.1, -0.05) is 37.8 Å². The maximum Gasteiger partial charge on any atom is 0.358 e. The molecule has 0 unspecified atom stereocenters. The van der Waals surface area contributed by atoms with Crippen LogP contribution in [0.4, 0.5) is 0 Å². The fourth-order valence-electron chi connectivity index (χ4n) is 3.04. The fourth-order valence-corrected chi connectivity index (χ4v) is 3.04. The third kappa shape index (κ3) is 5.01. The molecule has 0 bridgehead atoms. The number of rotatable bonds is 8. The van der Waals surface area contributed by atoms with Crippen molar-refractivity contribution in [1.29, 1.82) is 0 Å².